The van der Waals surface area contributed by atoms with Crippen molar-refractivity contribution in [3.8, 4) is 11.5 Å². The second-order valence-corrected chi connectivity index (χ2v) is 8.87. The van der Waals surface area contributed by atoms with E-state index in [1.54, 1.807) is 14.2 Å². The lowest BCUT2D eigenvalue weighted by Crippen LogP contribution is -2.42. The summed E-state index contributed by atoms with van der Waals surface area (Å²) in [6.45, 7) is 0.989. The Bertz CT molecular complexity index is 1010. The lowest BCUT2D eigenvalue weighted by molar-refractivity contribution is 0.0593. The Morgan fingerprint density at radius 2 is 1.75 bits per heavy atom. The fraction of sp³-hybridized carbons (Fsp3) is 0.423. The number of fused-ring (bicyclic) bond motifs is 1. The van der Waals surface area contributed by atoms with Crippen molar-refractivity contribution in [3.05, 3.63) is 65.4 Å². The van der Waals surface area contributed by atoms with Gasteiger partial charge in [-0.25, -0.2) is 4.79 Å². The van der Waals surface area contributed by atoms with E-state index in [2.05, 4.69) is 30.2 Å². The Labute approximate surface area is 190 Å². The predicted octanol–water partition coefficient (Wildman–Crippen LogP) is 4.25. The molecule has 1 aliphatic carbocycles. The highest BCUT2D eigenvalue weighted by atomic mass is 16.5. The summed E-state index contributed by atoms with van der Waals surface area (Å²) in [5, 5.41) is 0. The number of hydrogen-bond donors (Lipinski definition) is 0. The molecule has 2 atom stereocenters. The van der Waals surface area contributed by atoms with E-state index in [0.717, 1.165) is 48.8 Å². The number of ether oxygens (including phenoxy) is 3. The maximum atomic E-state index is 12.8. The van der Waals surface area contributed by atoms with Gasteiger partial charge in [-0.2, -0.15) is 0 Å². The first kappa shape index (κ1) is 22.2. The molecular weight excluding hydrogens is 404 g/mol. The zero-order valence-corrected chi connectivity index (χ0v) is 19.6. The van der Waals surface area contributed by atoms with Gasteiger partial charge < -0.3 is 19.1 Å². The Morgan fingerprint density at radius 3 is 2.41 bits per heavy atom. The Morgan fingerprint density at radius 1 is 1.03 bits per heavy atom. The lowest BCUT2D eigenvalue weighted by atomic mass is 9.68. The van der Waals surface area contributed by atoms with Crippen LogP contribution in [0.25, 0.3) is 0 Å². The van der Waals surface area contributed by atoms with Crippen molar-refractivity contribution in [3.63, 3.8) is 0 Å². The average Bonchev–Trinajstić information content (AvgIpc) is 3.15. The van der Waals surface area contributed by atoms with Crippen LogP contribution in [0.5, 0.6) is 11.5 Å². The smallest absolute Gasteiger partial charge is 0.343 e. The quantitative estimate of drug-likeness (QED) is 0.631. The molecule has 170 valence electrons. The molecule has 2 aromatic rings. The summed E-state index contributed by atoms with van der Waals surface area (Å²) < 4.78 is 16.8. The molecule has 0 spiro atoms. The van der Waals surface area contributed by atoms with Crippen LogP contribution in [0, 0.1) is 0 Å². The molecule has 0 N–H and O–H groups in total. The molecule has 1 fully saturated rings. The number of esters is 1. The molecule has 2 aromatic carbocycles. The molecule has 0 bridgehead atoms. The van der Waals surface area contributed by atoms with Crippen molar-refractivity contribution in [2.45, 2.75) is 30.7 Å². The Kier molecular flexibility index (Phi) is 6.15. The Hall–Kier alpha value is -2.99. The summed E-state index contributed by atoms with van der Waals surface area (Å²) >= 11 is 0. The number of hydrogen-bond acceptors (Lipinski definition) is 6. The van der Waals surface area contributed by atoms with Crippen molar-refractivity contribution < 1.29 is 19.0 Å². The van der Waals surface area contributed by atoms with Crippen molar-refractivity contribution >= 4 is 11.7 Å². The van der Waals surface area contributed by atoms with E-state index >= 15 is 0 Å². The number of allylic oxidation sites excluding steroid dienone is 1. The molecule has 6 nitrogen and oxygen atoms in total. The maximum Gasteiger partial charge on any atom is 0.343 e. The van der Waals surface area contributed by atoms with Crippen LogP contribution >= 0.6 is 0 Å². The van der Waals surface area contributed by atoms with Crippen LogP contribution in [0.3, 0.4) is 0 Å². The van der Waals surface area contributed by atoms with Crippen LogP contribution in [0.2, 0.25) is 0 Å². The van der Waals surface area contributed by atoms with Crippen molar-refractivity contribution in [2.24, 2.45) is 0 Å². The summed E-state index contributed by atoms with van der Waals surface area (Å²) in [7, 11) is 9.40. The van der Waals surface area contributed by atoms with Gasteiger partial charge in [0.25, 0.3) is 0 Å². The van der Waals surface area contributed by atoms with Crippen LogP contribution in [-0.4, -0.2) is 58.8 Å². The monoisotopic (exact) mass is 436 g/mol. The van der Waals surface area contributed by atoms with E-state index in [-0.39, 0.29) is 17.4 Å². The maximum absolute atomic E-state index is 12.8. The van der Waals surface area contributed by atoms with E-state index in [4.69, 9.17) is 14.2 Å². The van der Waals surface area contributed by atoms with Crippen molar-refractivity contribution in [2.75, 3.05) is 46.8 Å². The van der Waals surface area contributed by atoms with Gasteiger partial charge in [0.05, 0.1) is 19.8 Å². The second kappa shape index (κ2) is 8.87. The molecule has 32 heavy (non-hydrogen) atoms. The highest BCUT2D eigenvalue weighted by Crippen LogP contribution is 2.49. The molecule has 1 saturated heterocycles. The molecule has 4 rings (SSSR count). The third kappa shape index (κ3) is 3.95. The number of anilines is 1. The van der Waals surface area contributed by atoms with Crippen LogP contribution in [0.15, 0.2) is 54.3 Å². The molecule has 1 aliphatic heterocycles. The zero-order chi connectivity index (χ0) is 22.9. The second-order valence-electron chi connectivity index (χ2n) is 8.87. The first-order valence-electron chi connectivity index (χ1n) is 11.0. The van der Waals surface area contributed by atoms with Gasteiger partial charge in [-0.1, -0.05) is 6.07 Å². The number of nitrogens with zero attached hydrogens (tertiary/aromatic N) is 2. The molecule has 2 aliphatic rings. The van der Waals surface area contributed by atoms with Gasteiger partial charge in [-0.15, -0.1) is 0 Å². The van der Waals surface area contributed by atoms with E-state index in [1.807, 2.05) is 49.3 Å². The number of rotatable bonds is 6. The molecule has 0 amide bonds. The molecule has 6 heteroatoms. The number of carbonyl (C=O) groups is 1. The van der Waals surface area contributed by atoms with Crippen molar-refractivity contribution in [1.82, 2.24) is 4.90 Å². The topological polar surface area (TPSA) is 51.2 Å². The van der Waals surface area contributed by atoms with Gasteiger partial charge >= 0.3 is 5.97 Å². The number of likely N-dealkylation sites (tertiary alicyclic amines) is 1. The van der Waals surface area contributed by atoms with Gasteiger partial charge in [-0.3, -0.25) is 4.90 Å². The van der Waals surface area contributed by atoms with Crippen LogP contribution in [-0.2, 0) is 10.2 Å². The molecule has 0 radical (unpaired) electrons. The third-order valence-electron chi connectivity index (χ3n) is 6.91. The summed E-state index contributed by atoms with van der Waals surface area (Å²) in [4.78, 5) is 17.1. The van der Waals surface area contributed by atoms with E-state index in [0.29, 0.717) is 5.56 Å². The largest absolute Gasteiger partial charge is 0.493 e. The molecule has 0 unspecified atom stereocenters. The van der Waals surface area contributed by atoms with Gasteiger partial charge in [0, 0.05) is 37.7 Å². The summed E-state index contributed by atoms with van der Waals surface area (Å²) in [6, 6.07) is 13.9. The summed E-state index contributed by atoms with van der Waals surface area (Å²) in [5.41, 5.74) is 2.82. The summed E-state index contributed by atoms with van der Waals surface area (Å²) in [5.74, 6) is 1.93. The third-order valence-corrected chi connectivity index (χ3v) is 6.91. The SMILES string of the molecule is COc1ccc([C@@]23CCC(OC(=O)c4ccc(N(C)C)cc4)=C[C@@H]2N(C)CC3)cc1OC. The van der Waals surface area contributed by atoms with Crippen molar-refractivity contribution in [1.29, 1.82) is 0 Å². The molecule has 0 saturated carbocycles. The zero-order valence-electron chi connectivity index (χ0n) is 19.6. The summed E-state index contributed by atoms with van der Waals surface area (Å²) in [6.07, 6.45) is 4.82. The number of likely N-dealkylation sites (N-methyl/N-ethyl adjacent to an activating group) is 1. The number of methoxy groups -OCH3 is 2. The standard InChI is InChI=1S/C26H32N2O4/c1-27(2)20-9-6-18(7-10-20)25(29)32-21-12-13-26(14-15-28(3)24(26)17-21)19-8-11-22(30-4)23(16-19)31-5/h6-11,16-17,24H,12-15H2,1-5H3/t24-,26-/m0/s1. The van der Waals surface area contributed by atoms with Crippen LogP contribution < -0.4 is 14.4 Å². The average molecular weight is 437 g/mol. The van der Waals surface area contributed by atoms with E-state index < -0.39 is 0 Å². The highest BCUT2D eigenvalue weighted by molar-refractivity contribution is 5.90. The van der Waals surface area contributed by atoms with Crippen LogP contribution in [0.4, 0.5) is 5.69 Å². The number of benzene rings is 2. The van der Waals surface area contributed by atoms with E-state index in [9.17, 15) is 4.79 Å². The minimum absolute atomic E-state index is 0.0302. The highest BCUT2D eigenvalue weighted by Gasteiger charge is 2.48. The predicted molar refractivity (Wildman–Crippen MR) is 126 cm³/mol. The number of carbonyl (C=O) groups excluding carboxylic acids is 1. The molecule has 1 heterocycles. The van der Waals surface area contributed by atoms with E-state index in [1.165, 1.54) is 5.56 Å². The fourth-order valence-electron chi connectivity index (χ4n) is 5.01. The first-order valence-corrected chi connectivity index (χ1v) is 11.0. The first-order chi connectivity index (χ1) is 15.4. The normalized spacial score (nSPS) is 22.7. The van der Waals surface area contributed by atoms with Crippen LogP contribution in [0.1, 0.15) is 35.2 Å². The lowest BCUT2D eigenvalue weighted by Gasteiger charge is -2.40. The fourth-order valence-corrected chi connectivity index (χ4v) is 5.01. The van der Waals surface area contributed by atoms with Gasteiger partial charge in [0.1, 0.15) is 5.76 Å². The molecule has 0 aromatic heterocycles. The van der Waals surface area contributed by atoms with Gasteiger partial charge in [0.2, 0.25) is 0 Å². The van der Waals surface area contributed by atoms with Gasteiger partial charge in [0.15, 0.2) is 11.5 Å². The minimum Gasteiger partial charge on any atom is -0.493 e. The Balaban J connectivity index is 1.57. The van der Waals surface area contributed by atoms with Gasteiger partial charge in [-0.05, 0) is 74.5 Å². The minimum atomic E-state index is -0.305. The molecular formula is C26H32N2O4.